The number of ether oxygens (including phenoxy) is 3. The summed E-state index contributed by atoms with van der Waals surface area (Å²) in [5.74, 6) is 2.62. The molecule has 4 rings (SSSR count). The number of hydrogen-bond donors (Lipinski definition) is 1. The van der Waals surface area contributed by atoms with Gasteiger partial charge >= 0.3 is 0 Å². The number of nitrogens with zero attached hydrogens (tertiary/aromatic N) is 4. The van der Waals surface area contributed by atoms with Crippen LogP contribution in [0.15, 0.2) is 36.5 Å². The van der Waals surface area contributed by atoms with Crippen LogP contribution >= 0.6 is 0 Å². The minimum atomic E-state index is -0.103. The molecule has 0 radical (unpaired) electrons. The summed E-state index contributed by atoms with van der Waals surface area (Å²) in [7, 11) is 3.19. The molecule has 9 nitrogen and oxygen atoms in total. The van der Waals surface area contributed by atoms with Crippen molar-refractivity contribution in [3.63, 3.8) is 0 Å². The van der Waals surface area contributed by atoms with Crippen LogP contribution in [-0.2, 0) is 16.0 Å². The van der Waals surface area contributed by atoms with Crippen molar-refractivity contribution in [2.45, 2.75) is 12.8 Å². The van der Waals surface area contributed by atoms with Crippen molar-refractivity contribution < 1.29 is 19.0 Å². The third-order valence-corrected chi connectivity index (χ3v) is 5.03. The Morgan fingerprint density at radius 1 is 1.13 bits per heavy atom. The maximum atomic E-state index is 12.6. The lowest BCUT2D eigenvalue weighted by molar-refractivity contribution is -0.116. The van der Waals surface area contributed by atoms with Gasteiger partial charge in [0.2, 0.25) is 5.91 Å². The van der Waals surface area contributed by atoms with Crippen LogP contribution in [0.5, 0.6) is 11.5 Å². The zero-order chi connectivity index (χ0) is 20.9. The molecule has 9 heteroatoms. The molecule has 0 atom stereocenters. The van der Waals surface area contributed by atoms with Gasteiger partial charge in [-0.3, -0.25) is 4.79 Å². The molecule has 2 aromatic heterocycles. The molecule has 1 amide bonds. The van der Waals surface area contributed by atoms with E-state index in [1.165, 1.54) is 0 Å². The molecular formula is C21H25N5O4. The van der Waals surface area contributed by atoms with Gasteiger partial charge in [0.15, 0.2) is 17.1 Å². The van der Waals surface area contributed by atoms with Gasteiger partial charge in [-0.15, -0.1) is 0 Å². The fraction of sp³-hybridized carbons (Fsp3) is 0.381. The fourth-order valence-electron chi connectivity index (χ4n) is 3.48. The largest absolute Gasteiger partial charge is 0.493 e. The molecule has 30 heavy (non-hydrogen) atoms. The van der Waals surface area contributed by atoms with E-state index in [1.54, 1.807) is 24.9 Å². The van der Waals surface area contributed by atoms with E-state index in [9.17, 15) is 4.79 Å². The van der Waals surface area contributed by atoms with Crippen LogP contribution in [0.3, 0.4) is 0 Å². The minimum Gasteiger partial charge on any atom is -0.493 e. The van der Waals surface area contributed by atoms with Crippen molar-refractivity contribution in [3.05, 3.63) is 42.1 Å². The number of aryl methyl sites for hydroxylation is 1. The van der Waals surface area contributed by atoms with E-state index in [4.69, 9.17) is 14.2 Å². The number of hydrogen-bond acceptors (Lipinski definition) is 7. The summed E-state index contributed by atoms with van der Waals surface area (Å²) >= 11 is 0. The number of rotatable bonds is 7. The molecule has 158 valence electrons. The first-order chi connectivity index (χ1) is 14.7. The molecule has 1 aromatic carbocycles. The molecule has 0 unspecified atom stereocenters. The maximum Gasteiger partial charge on any atom is 0.225 e. The number of methoxy groups -OCH3 is 2. The number of benzene rings is 1. The van der Waals surface area contributed by atoms with Crippen LogP contribution in [0.25, 0.3) is 5.65 Å². The average molecular weight is 411 g/mol. The molecule has 1 saturated heterocycles. The molecule has 1 aliphatic rings. The Labute approximate surface area is 174 Å². The van der Waals surface area contributed by atoms with Gasteiger partial charge in [0.1, 0.15) is 11.6 Å². The van der Waals surface area contributed by atoms with Crippen molar-refractivity contribution >= 4 is 23.2 Å². The van der Waals surface area contributed by atoms with Crippen molar-refractivity contribution in [1.82, 2.24) is 14.6 Å². The number of anilines is 2. The molecule has 0 saturated carbocycles. The highest BCUT2D eigenvalue weighted by Gasteiger charge is 2.17. The first kappa shape index (κ1) is 20.0. The second-order valence-electron chi connectivity index (χ2n) is 6.94. The lowest BCUT2D eigenvalue weighted by Gasteiger charge is -2.29. The average Bonchev–Trinajstić information content (AvgIpc) is 3.26. The summed E-state index contributed by atoms with van der Waals surface area (Å²) in [6, 6.07) is 9.35. The maximum absolute atomic E-state index is 12.6. The smallest absolute Gasteiger partial charge is 0.225 e. The number of fused-ring (bicyclic) bond motifs is 1. The molecule has 0 bridgehead atoms. The van der Waals surface area contributed by atoms with E-state index >= 15 is 0 Å². The van der Waals surface area contributed by atoms with E-state index in [0.717, 1.165) is 24.5 Å². The quantitative estimate of drug-likeness (QED) is 0.637. The van der Waals surface area contributed by atoms with Gasteiger partial charge in [-0.25, -0.2) is 4.98 Å². The molecule has 1 aliphatic heterocycles. The van der Waals surface area contributed by atoms with E-state index in [2.05, 4.69) is 20.3 Å². The highest BCUT2D eigenvalue weighted by Crippen LogP contribution is 2.28. The van der Waals surface area contributed by atoms with Crippen LogP contribution in [0.2, 0.25) is 0 Å². The third-order valence-electron chi connectivity index (χ3n) is 5.03. The van der Waals surface area contributed by atoms with E-state index < -0.39 is 0 Å². The zero-order valence-electron chi connectivity index (χ0n) is 17.1. The van der Waals surface area contributed by atoms with E-state index in [1.807, 2.05) is 30.3 Å². The lowest BCUT2D eigenvalue weighted by atomic mass is 10.1. The molecule has 3 heterocycles. The first-order valence-electron chi connectivity index (χ1n) is 9.86. The van der Waals surface area contributed by atoms with Crippen LogP contribution in [0.1, 0.15) is 12.0 Å². The summed E-state index contributed by atoms with van der Waals surface area (Å²) in [5.41, 5.74) is 1.69. The zero-order valence-corrected chi connectivity index (χ0v) is 17.1. The molecule has 1 N–H and O–H groups in total. The Morgan fingerprint density at radius 3 is 2.70 bits per heavy atom. The predicted octanol–water partition coefficient (Wildman–Crippen LogP) is 2.15. The van der Waals surface area contributed by atoms with Gasteiger partial charge in [0, 0.05) is 31.6 Å². The monoisotopic (exact) mass is 411 g/mol. The second kappa shape index (κ2) is 9.00. The SMILES string of the molecule is COc1ccc(CCC(=O)Nc2cc(N3CCOCC3)n3nccc3n2)cc1OC. The summed E-state index contributed by atoms with van der Waals surface area (Å²) in [4.78, 5) is 19.3. The summed E-state index contributed by atoms with van der Waals surface area (Å²) in [6.45, 7) is 2.87. The fourth-order valence-corrected chi connectivity index (χ4v) is 3.48. The number of morpholine rings is 1. The normalized spacial score (nSPS) is 14.0. The highest BCUT2D eigenvalue weighted by molar-refractivity contribution is 5.90. The standard InChI is InChI=1S/C21H25N5O4/c1-28-16-5-3-15(13-17(16)29-2)4-6-20(27)24-18-14-21(25-9-11-30-12-10-25)26-19(23-18)7-8-22-26/h3,5,7-8,13-14H,4,6,9-12H2,1-2H3,(H,23,24,27). The van der Waals surface area contributed by atoms with Gasteiger partial charge in [-0.05, 0) is 24.1 Å². The summed E-state index contributed by atoms with van der Waals surface area (Å²) < 4.78 is 17.8. The van der Waals surface area contributed by atoms with Crippen LogP contribution < -0.4 is 19.7 Å². The van der Waals surface area contributed by atoms with Crippen molar-refractivity contribution in [2.24, 2.45) is 0 Å². The lowest BCUT2D eigenvalue weighted by Crippen LogP contribution is -2.37. The first-order valence-corrected chi connectivity index (χ1v) is 9.86. The Balaban J connectivity index is 1.45. The van der Waals surface area contributed by atoms with E-state index in [-0.39, 0.29) is 5.91 Å². The number of aromatic nitrogens is 3. The third kappa shape index (κ3) is 4.30. The van der Waals surface area contributed by atoms with Gasteiger partial charge in [0.25, 0.3) is 0 Å². The molecule has 0 spiro atoms. The number of carbonyl (C=O) groups is 1. The van der Waals surface area contributed by atoms with Crippen LogP contribution in [-0.4, -0.2) is 61.0 Å². The molecular weight excluding hydrogens is 386 g/mol. The Morgan fingerprint density at radius 2 is 1.93 bits per heavy atom. The Hall–Kier alpha value is -3.33. The van der Waals surface area contributed by atoms with Crippen LogP contribution in [0.4, 0.5) is 11.6 Å². The second-order valence-corrected chi connectivity index (χ2v) is 6.94. The predicted molar refractivity (Wildman–Crippen MR) is 113 cm³/mol. The molecule has 1 fully saturated rings. The van der Waals surface area contributed by atoms with Crippen molar-refractivity contribution in [2.75, 3.05) is 50.7 Å². The Bertz CT molecular complexity index is 1030. The summed E-state index contributed by atoms with van der Waals surface area (Å²) in [6.07, 6.45) is 2.61. The minimum absolute atomic E-state index is 0.103. The number of amides is 1. The highest BCUT2D eigenvalue weighted by atomic mass is 16.5. The van der Waals surface area contributed by atoms with Crippen molar-refractivity contribution in [1.29, 1.82) is 0 Å². The van der Waals surface area contributed by atoms with Crippen LogP contribution in [0, 0.1) is 0 Å². The Kier molecular flexibility index (Phi) is 5.99. The van der Waals surface area contributed by atoms with E-state index in [0.29, 0.717) is 49.0 Å². The molecule has 3 aromatic rings. The van der Waals surface area contributed by atoms with Gasteiger partial charge < -0.3 is 24.4 Å². The number of carbonyl (C=O) groups excluding carboxylic acids is 1. The van der Waals surface area contributed by atoms with Crippen molar-refractivity contribution in [3.8, 4) is 11.5 Å². The molecule has 0 aliphatic carbocycles. The van der Waals surface area contributed by atoms with Gasteiger partial charge in [-0.2, -0.15) is 9.61 Å². The van der Waals surface area contributed by atoms with Gasteiger partial charge in [0.05, 0.1) is 33.6 Å². The number of nitrogens with one attached hydrogen (secondary N) is 1. The summed E-state index contributed by atoms with van der Waals surface area (Å²) in [5, 5.41) is 7.28. The van der Waals surface area contributed by atoms with Gasteiger partial charge in [-0.1, -0.05) is 6.07 Å². The topological polar surface area (TPSA) is 90.2 Å².